The highest BCUT2D eigenvalue weighted by molar-refractivity contribution is 5.87. The van der Waals surface area contributed by atoms with Gasteiger partial charge in [0.1, 0.15) is 6.34 Å². The molecule has 52 valence electrons. The second-order valence-corrected chi connectivity index (χ2v) is 2.10. The molecule has 0 rings (SSSR count). The Morgan fingerprint density at radius 1 is 1.67 bits per heavy atom. The van der Waals surface area contributed by atoms with E-state index >= 15 is 0 Å². The number of hydrogen-bond acceptors (Lipinski definition) is 1. The summed E-state index contributed by atoms with van der Waals surface area (Å²) < 4.78 is 0. The van der Waals surface area contributed by atoms with E-state index in [1.807, 2.05) is 6.92 Å². The predicted molar refractivity (Wildman–Crippen MR) is 41.4 cm³/mol. The quantitative estimate of drug-likeness (QED) is 0.443. The van der Waals surface area contributed by atoms with Gasteiger partial charge in [-0.05, 0) is 19.8 Å². The van der Waals surface area contributed by atoms with Crippen LogP contribution in [0.1, 0.15) is 33.1 Å². The van der Waals surface area contributed by atoms with Crippen LogP contribution in [0.15, 0.2) is 4.99 Å². The fraction of sp³-hybridized carbons (Fsp3) is 0.714. The minimum Gasteiger partial charge on any atom is -0.290 e. The molecule has 2 heteroatoms. The van der Waals surface area contributed by atoms with E-state index in [0.29, 0.717) is 0 Å². The summed E-state index contributed by atoms with van der Waals surface area (Å²) >= 11 is 0. The van der Waals surface area contributed by atoms with Gasteiger partial charge in [0.2, 0.25) is 0 Å². The smallest absolute Gasteiger partial charge is 0.106 e. The fourth-order valence-electron chi connectivity index (χ4n) is 0.607. The second-order valence-electron chi connectivity index (χ2n) is 2.10. The van der Waals surface area contributed by atoms with Crippen LogP contribution in [0.25, 0.3) is 0 Å². The second kappa shape index (κ2) is 5.48. The van der Waals surface area contributed by atoms with Gasteiger partial charge in [0.05, 0.1) is 0 Å². The van der Waals surface area contributed by atoms with E-state index in [2.05, 4.69) is 11.9 Å². The van der Waals surface area contributed by atoms with Crippen LogP contribution in [-0.4, -0.2) is 12.1 Å². The molecule has 0 aliphatic rings. The van der Waals surface area contributed by atoms with Gasteiger partial charge in [0.15, 0.2) is 0 Å². The Bertz CT molecular complexity index is 105. The van der Waals surface area contributed by atoms with Gasteiger partial charge in [-0.15, -0.1) is 0 Å². The standard InChI is InChI=1S/C7H14N2/c1-3-4-5-7(2)9-6-8/h6,8H,3-5H2,1-2H3/b8-6?,9-7-. The summed E-state index contributed by atoms with van der Waals surface area (Å²) in [7, 11) is 0. The molecule has 0 atom stereocenters. The Balaban J connectivity index is 3.36. The largest absolute Gasteiger partial charge is 0.290 e. The Labute approximate surface area is 56.5 Å². The average molecular weight is 126 g/mol. The van der Waals surface area contributed by atoms with Crippen LogP contribution in [0.5, 0.6) is 0 Å². The van der Waals surface area contributed by atoms with E-state index < -0.39 is 0 Å². The summed E-state index contributed by atoms with van der Waals surface area (Å²) in [5, 5.41) is 6.66. The molecule has 0 aromatic carbocycles. The lowest BCUT2D eigenvalue weighted by Crippen LogP contribution is -1.89. The number of nitrogens with one attached hydrogen (secondary N) is 1. The molecule has 1 N–H and O–H groups in total. The molecule has 0 heterocycles. The van der Waals surface area contributed by atoms with Crippen molar-refractivity contribution in [1.29, 1.82) is 5.41 Å². The first-order chi connectivity index (χ1) is 4.31. The van der Waals surface area contributed by atoms with Gasteiger partial charge in [-0.25, -0.2) is 4.99 Å². The molecule has 0 fully saturated rings. The molecule has 0 aromatic rings. The third kappa shape index (κ3) is 5.21. The van der Waals surface area contributed by atoms with Crippen LogP contribution < -0.4 is 0 Å². The van der Waals surface area contributed by atoms with E-state index in [0.717, 1.165) is 18.5 Å². The van der Waals surface area contributed by atoms with Crippen molar-refractivity contribution in [3.05, 3.63) is 0 Å². The van der Waals surface area contributed by atoms with Crippen LogP contribution in [0, 0.1) is 5.41 Å². The van der Waals surface area contributed by atoms with Crippen LogP contribution in [0.4, 0.5) is 0 Å². The van der Waals surface area contributed by atoms with Crippen molar-refractivity contribution in [3.63, 3.8) is 0 Å². The van der Waals surface area contributed by atoms with Crippen LogP contribution in [0.2, 0.25) is 0 Å². The van der Waals surface area contributed by atoms with E-state index in [4.69, 9.17) is 5.41 Å². The third-order valence-corrected chi connectivity index (χ3v) is 1.18. The maximum atomic E-state index is 6.66. The summed E-state index contributed by atoms with van der Waals surface area (Å²) in [6.07, 6.45) is 4.52. The monoisotopic (exact) mass is 126 g/mol. The van der Waals surface area contributed by atoms with Gasteiger partial charge in [-0.1, -0.05) is 13.3 Å². The third-order valence-electron chi connectivity index (χ3n) is 1.18. The van der Waals surface area contributed by atoms with Gasteiger partial charge in [0.25, 0.3) is 0 Å². The first kappa shape index (κ1) is 8.34. The van der Waals surface area contributed by atoms with Crippen molar-refractivity contribution < 1.29 is 0 Å². The van der Waals surface area contributed by atoms with Crippen molar-refractivity contribution >= 4 is 12.1 Å². The van der Waals surface area contributed by atoms with E-state index in [1.54, 1.807) is 0 Å². The Kier molecular flexibility index (Phi) is 5.07. The molecule has 0 saturated heterocycles. The van der Waals surface area contributed by atoms with Crippen LogP contribution in [0.3, 0.4) is 0 Å². The van der Waals surface area contributed by atoms with Crippen molar-refractivity contribution in [2.75, 3.05) is 0 Å². The summed E-state index contributed by atoms with van der Waals surface area (Å²) in [5.41, 5.74) is 1.06. The van der Waals surface area contributed by atoms with Gasteiger partial charge in [-0.2, -0.15) is 0 Å². The van der Waals surface area contributed by atoms with Gasteiger partial charge in [-0.3, -0.25) is 5.41 Å². The fourth-order valence-corrected chi connectivity index (χ4v) is 0.607. The molecule has 2 nitrogen and oxygen atoms in total. The Hall–Kier alpha value is -0.660. The molecule has 0 saturated carbocycles. The topological polar surface area (TPSA) is 36.2 Å². The zero-order valence-electron chi connectivity index (χ0n) is 6.15. The number of rotatable bonds is 4. The van der Waals surface area contributed by atoms with Crippen molar-refractivity contribution in [2.45, 2.75) is 33.1 Å². The summed E-state index contributed by atoms with van der Waals surface area (Å²) in [4.78, 5) is 3.82. The molecule has 0 radical (unpaired) electrons. The highest BCUT2D eigenvalue weighted by Gasteiger charge is 1.86. The number of nitrogens with zero attached hydrogens (tertiary/aromatic N) is 1. The molecule has 0 unspecified atom stereocenters. The average Bonchev–Trinajstić information content (AvgIpc) is 1.85. The van der Waals surface area contributed by atoms with E-state index in [1.165, 1.54) is 12.8 Å². The molecule has 0 spiro atoms. The normalized spacial score (nSPS) is 11.6. The lowest BCUT2D eigenvalue weighted by atomic mass is 10.2. The van der Waals surface area contributed by atoms with Crippen molar-refractivity contribution in [2.24, 2.45) is 4.99 Å². The number of unbranched alkanes of at least 4 members (excludes halogenated alkanes) is 1. The maximum absolute atomic E-state index is 6.66. The summed E-state index contributed by atoms with van der Waals surface area (Å²) in [5.74, 6) is 0. The van der Waals surface area contributed by atoms with Crippen LogP contribution >= 0.6 is 0 Å². The number of aliphatic imine (C=N–C) groups is 1. The molecule has 0 aliphatic carbocycles. The van der Waals surface area contributed by atoms with E-state index in [9.17, 15) is 0 Å². The highest BCUT2D eigenvalue weighted by atomic mass is 14.8. The summed E-state index contributed by atoms with van der Waals surface area (Å²) in [6, 6.07) is 0. The molecule has 0 bridgehead atoms. The van der Waals surface area contributed by atoms with Gasteiger partial charge >= 0.3 is 0 Å². The molecule has 0 amide bonds. The molecule has 9 heavy (non-hydrogen) atoms. The first-order valence-corrected chi connectivity index (χ1v) is 3.33. The highest BCUT2D eigenvalue weighted by Crippen LogP contribution is 1.95. The number of hydrogen-bond donors (Lipinski definition) is 1. The Morgan fingerprint density at radius 3 is 2.78 bits per heavy atom. The molecular weight excluding hydrogens is 112 g/mol. The molecular formula is C7H14N2. The van der Waals surface area contributed by atoms with Crippen molar-refractivity contribution in [1.82, 2.24) is 0 Å². The predicted octanol–water partition coefficient (Wildman–Crippen LogP) is 2.24. The van der Waals surface area contributed by atoms with Crippen LogP contribution in [-0.2, 0) is 0 Å². The first-order valence-electron chi connectivity index (χ1n) is 3.33. The Morgan fingerprint density at radius 2 is 2.33 bits per heavy atom. The molecule has 0 aromatic heterocycles. The molecule has 0 aliphatic heterocycles. The minimum atomic E-state index is 1.03. The lowest BCUT2D eigenvalue weighted by molar-refractivity contribution is 0.834. The van der Waals surface area contributed by atoms with Gasteiger partial charge < -0.3 is 0 Å². The van der Waals surface area contributed by atoms with Gasteiger partial charge in [0, 0.05) is 5.71 Å². The minimum absolute atomic E-state index is 1.03. The van der Waals surface area contributed by atoms with Crippen molar-refractivity contribution in [3.8, 4) is 0 Å². The summed E-state index contributed by atoms with van der Waals surface area (Å²) in [6.45, 7) is 4.11. The van der Waals surface area contributed by atoms with E-state index in [-0.39, 0.29) is 0 Å². The zero-order valence-corrected chi connectivity index (χ0v) is 6.15. The maximum Gasteiger partial charge on any atom is 0.106 e. The zero-order chi connectivity index (χ0) is 7.11. The SMILES string of the molecule is CCCC/C(C)=N\C=N. The lowest BCUT2D eigenvalue weighted by Gasteiger charge is -1.93.